The van der Waals surface area contributed by atoms with Crippen molar-refractivity contribution in [3.05, 3.63) is 0 Å². The topological polar surface area (TPSA) is 237 Å². The third-order valence-corrected chi connectivity index (χ3v) is 20.0. The number of esters is 4. The Morgan fingerprint density at radius 2 is 0.537 bits per heavy atom. The van der Waals surface area contributed by atoms with E-state index in [-0.39, 0.29) is 25.7 Å². The summed E-state index contributed by atoms with van der Waals surface area (Å²) in [5.74, 6) is -0.577. The van der Waals surface area contributed by atoms with Crippen LogP contribution in [0.15, 0.2) is 0 Å². The van der Waals surface area contributed by atoms with Crippen LogP contribution in [0.4, 0.5) is 0 Å². The van der Waals surface area contributed by atoms with Crippen LogP contribution in [0.2, 0.25) is 0 Å². The van der Waals surface area contributed by atoms with Gasteiger partial charge >= 0.3 is 39.5 Å². The maximum absolute atomic E-state index is 13.1. The van der Waals surface area contributed by atoms with Crippen molar-refractivity contribution in [3.8, 4) is 0 Å². The number of carbonyl (C=O) groups excluding carboxylic acids is 4. The SMILES string of the molecule is CCCCCCCCCCCCCCCCCCC(=O)O[C@H](COC(=O)CCCCCCCCCCCCC(C)CC)COP(=O)(O)OC[C@@H](O)COP(=O)(O)OC[C@@H](COC(=O)CCCCCCCCCCC(C)C)OC(=O)CCCCCCCCCCCCCCCC. The van der Waals surface area contributed by atoms with Gasteiger partial charge in [-0.1, -0.05) is 343 Å². The van der Waals surface area contributed by atoms with Crippen LogP contribution < -0.4 is 0 Å². The fourth-order valence-corrected chi connectivity index (χ4v) is 13.2. The molecule has 3 N–H and O–H groups in total. The molecule has 0 saturated heterocycles. The average molecular weight is 1400 g/mol. The van der Waals surface area contributed by atoms with E-state index < -0.39 is 97.5 Å². The van der Waals surface area contributed by atoms with Crippen molar-refractivity contribution in [1.29, 1.82) is 0 Å². The normalized spacial score (nSPS) is 14.3. The van der Waals surface area contributed by atoms with Gasteiger partial charge in [-0.25, -0.2) is 9.13 Å². The summed E-state index contributed by atoms with van der Waals surface area (Å²) in [6.45, 7) is 9.60. The molecule has 0 aliphatic rings. The highest BCUT2D eigenvalue weighted by Gasteiger charge is 2.30. The first-order valence-electron chi connectivity index (χ1n) is 39.5. The third kappa shape index (κ3) is 69.0. The number of phosphoric acid groups is 2. The number of hydrogen-bond acceptors (Lipinski definition) is 15. The highest BCUT2D eigenvalue weighted by atomic mass is 31.2. The van der Waals surface area contributed by atoms with Gasteiger partial charge in [-0.2, -0.15) is 0 Å². The fourth-order valence-electron chi connectivity index (χ4n) is 11.6. The standard InChI is InChI=1S/C76H148O17P2/c1-7-10-12-14-16-18-20-22-24-25-27-29-35-43-49-55-61-76(81)92-71(64-86-73(78)58-52-46-40-33-31-30-32-39-45-51-57-69(6)9-3)66-90-94(82,83)88-62-70(77)63-89-95(84,85)91-67-72(65-87-74(79)59-53-47-41-37-36-38-44-50-56-68(4)5)93-75(80)60-54-48-42-34-28-26-23-21-19-17-15-13-11-8-2/h68-72,77H,7-67H2,1-6H3,(H,82,83)(H,84,85)/t69?,70-,71-,72-/m1/s1. The second-order valence-electron chi connectivity index (χ2n) is 28.1. The second kappa shape index (κ2) is 67.9. The highest BCUT2D eigenvalue weighted by Crippen LogP contribution is 2.45. The van der Waals surface area contributed by atoms with E-state index in [1.54, 1.807) is 0 Å². The van der Waals surface area contributed by atoms with Gasteiger partial charge in [0.25, 0.3) is 0 Å². The van der Waals surface area contributed by atoms with Gasteiger partial charge in [0.2, 0.25) is 0 Å². The molecule has 0 spiro atoms. The van der Waals surface area contributed by atoms with E-state index in [0.29, 0.717) is 25.7 Å². The molecule has 0 amide bonds. The molecule has 0 aliphatic heterocycles. The Kier molecular flexibility index (Phi) is 66.5. The first-order chi connectivity index (χ1) is 45.9. The van der Waals surface area contributed by atoms with Crippen molar-refractivity contribution in [2.75, 3.05) is 39.6 Å². The van der Waals surface area contributed by atoms with E-state index in [1.807, 2.05) is 0 Å². The second-order valence-corrected chi connectivity index (χ2v) is 31.0. The molecule has 0 aromatic heterocycles. The Labute approximate surface area is 581 Å². The number of hydrogen-bond donors (Lipinski definition) is 3. The number of phosphoric ester groups is 2. The number of unbranched alkanes of at least 4 members (excludes halogenated alkanes) is 44. The Morgan fingerprint density at radius 3 is 0.800 bits per heavy atom. The van der Waals surface area contributed by atoms with Gasteiger partial charge in [-0.15, -0.1) is 0 Å². The fraction of sp³-hybridized carbons (Fsp3) is 0.947. The van der Waals surface area contributed by atoms with E-state index in [2.05, 4.69) is 41.5 Å². The predicted molar refractivity (Wildman–Crippen MR) is 386 cm³/mol. The van der Waals surface area contributed by atoms with E-state index in [1.165, 1.54) is 212 Å². The molecular formula is C76H148O17P2. The summed E-state index contributed by atoms with van der Waals surface area (Å²) in [6.07, 6.45) is 55.3. The lowest BCUT2D eigenvalue weighted by molar-refractivity contribution is -0.161. The molecular weight excluding hydrogens is 1250 g/mol. The van der Waals surface area contributed by atoms with Crippen LogP contribution in [0.3, 0.4) is 0 Å². The molecule has 0 saturated carbocycles. The van der Waals surface area contributed by atoms with Gasteiger partial charge in [0.15, 0.2) is 12.2 Å². The maximum Gasteiger partial charge on any atom is 0.472 e. The Hall–Kier alpha value is -1.94. The van der Waals surface area contributed by atoms with Gasteiger partial charge in [0.1, 0.15) is 19.3 Å². The van der Waals surface area contributed by atoms with Crippen LogP contribution in [0.5, 0.6) is 0 Å². The summed E-state index contributed by atoms with van der Waals surface area (Å²) in [5, 5.41) is 10.6. The Morgan fingerprint density at radius 1 is 0.305 bits per heavy atom. The minimum atomic E-state index is -4.96. The van der Waals surface area contributed by atoms with E-state index in [9.17, 15) is 43.2 Å². The minimum Gasteiger partial charge on any atom is -0.462 e. The monoisotopic (exact) mass is 1400 g/mol. The maximum atomic E-state index is 13.1. The van der Waals surface area contributed by atoms with Crippen LogP contribution >= 0.6 is 15.6 Å². The molecule has 0 aliphatic carbocycles. The molecule has 3 unspecified atom stereocenters. The molecule has 0 radical (unpaired) electrons. The lowest BCUT2D eigenvalue weighted by Crippen LogP contribution is -2.30. The summed E-state index contributed by atoms with van der Waals surface area (Å²) in [7, 11) is -9.91. The number of ether oxygens (including phenoxy) is 4. The van der Waals surface area contributed by atoms with E-state index in [4.69, 9.17) is 37.0 Å². The zero-order chi connectivity index (χ0) is 70.0. The molecule has 0 aromatic carbocycles. The zero-order valence-corrected chi connectivity index (χ0v) is 63.8. The molecule has 95 heavy (non-hydrogen) atoms. The van der Waals surface area contributed by atoms with Crippen molar-refractivity contribution in [1.82, 2.24) is 0 Å². The molecule has 19 heteroatoms. The number of aliphatic hydroxyl groups excluding tert-OH is 1. The van der Waals surface area contributed by atoms with Crippen LogP contribution in [-0.2, 0) is 65.4 Å². The number of carbonyl (C=O) groups is 4. The van der Waals surface area contributed by atoms with Gasteiger partial charge < -0.3 is 33.8 Å². The van der Waals surface area contributed by atoms with Crippen molar-refractivity contribution < 1.29 is 80.2 Å². The number of rotatable bonds is 75. The van der Waals surface area contributed by atoms with Crippen LogP contribution in [0.1, 0.15) is 395 Å². The molecule has 17 nitrogen and oxygen atoms in total. The van der Waals surface area contributed by atoms with Crippen LogP contribution in [0, 0.1) is 11.8 Å². The third-order valence-electron chi connectivity index (χ3n) is 18.1. The quantitative estimate of drug-likeness (QED) is 0.0222. The summed E-state index contributed by atoms with van der Waals surface area (Å²) < 4.78 is 68.6. The lowest BCUT2D eigenvalue weighted by Gasteiger charge is -2.21. The van der Waals surface area contributed by atoms with Crippen molar-refractivity contribution >= 4 is 39.5 Å². The molecule has 0 fully saturated rings. The van der Waals surface area contributed by atoms with Crippen molar-refractivity contribution in [2.24, 2.45) is 11.8 Å². The van der Waals surface area contributed by atoms with Gasteiger partial charge in [-0.3, -0.25) is 37.3 Å². The molecule has 0 aromatic rings. The van der Waals surface area contributed by atoms with Gasteiger partial charge in [0, 0.05) is 25.7 Å². The van der Waals surface area contributed by atoms with Gasteiger partial charge in [0.05, 0.1) is 26.4 Å². The number of aliphatic hydroxyl groups is 1. The molecule has 0 rings (SSSR count). The predicted octanol–water partition coefficient (Wildman–Crippen LogP) is 22.3. The highest BCUT2D eigenvalue weighted by molar-refractivity contribution is 7.47. The lowest BCUT2D eigenvalue weighted by atomic mass is 9.99. The van der Waals surface area contributed by atoms with Crippen molar-refractivity contribution in [3.63, 3.8) is 0 Å². The van der Waals surface area contributed by atoms with Crippen molar-refractivity contribution in [2.45, 2.75) is 413 Å². The molecule has 0 heterocycles. The largest absolute Gasteiger partial charge is 0.472 e. The minimum absolute atomic E-state index is 0.107. The average Bonchev–Trinajstić information content (AvgIpc) is 1.38. The molecule has 564 valence electrons. The van der Waals surface area contributed by atoms with Gasteiger partial charge in [-0.05, 0) is 37.5 Å². The summed E-state index contributed by atoms with van der Waals surface area (Å²) in [5.41, 5.74) is 0. The first kappa shape index (κ1) is 93.1. The first-order valence-corrected chi connectivity index (χ1v) is 42.5. The summed E-state index contributed by atoms with van der Waals surface area (Å²) >= 11 is 0. The molecule has 6 atom stereocenters. The smallest absolute Gasteiger partial charge is 0.462 e. The van der Waals surface area contributed by atoms with Crippen LogP contribution in [0.25, 0.3) is 0 Å². The summed E-state index contributed by atoms with van der Waals surface area (Å²) in [4.78, 5) is 72.8. The van der Waals surface area contributed by atoms with E-state index >= 15 is 0 Å². The zero-order valence-electron chi connectivity index (χ0n) is 62.0. The van der Waals surface area contributed by atoms with E-state index in [0.717, 1.165) is 102 Å². The Bertz CT molecular complexity index is 1840. The summed E-state index contributed by atoms with van der Waals surface area (Å²) in [6, 6.07) is 0. The Balaban J connectivity index is 5.26. The van der Waals surface area contributed by atoms with Crippen LogP contribution in [-0.4, -0.2) is 96.7 Å². The molecule has 0 bridgehead atoms.